The highest BCUT2D eigenvalue weighted by Gasteiger charge is 2.28. The van der Waals surface area contributed by atoms with E-state index < -0.39 is 0 Å². The van der Waals surface area contributed by atoms with Gasteiger partial charge in [-0.1, -0.05) is 6.92 Å². The smallest absolute Gasteiger partial charge is 0.209 e. The van der Waals surface area contributed by atoms with E-state index in [1.54, 1.807) is 4.90 Å². The molecular formula is C8H15NO2. The molecule has 3 nitrogen and oxygen atoms in total. The quantitative estimate of drug-likeness (QED) is 0.583. The lowest BCUT2D eigenvalue weighted by molar-refractivity contribution is -0.120. The molecule has 1 fully saturated rings. The monoisotopic (exact) mass is 157 g/mol. The largest absolute Gasteiger partial charge is 0.396 e. The van der Waals surface area contributed by atoms with E-state index in [0.717, 1.165) is 32.3 Å². The van der Waals surface area contributed by atoms with Gasteiger partial charge in [0.25, 0.3) is 0 Å². The Balaban J connectivity index is 2.40. The van der Waals surface area contributed by atoms with Crippen LogP contribution in [0.2, 0.25) is 0 Å². The van der Waals surface area contributed by atoms with Crippen LogP contribution in [-0.4, -0.2) is 36.1 Å². The van der Waals surface area contributed by atoms with Crippen LogP contribution in [0.4, 0.5) is 0 Å². The van der Waals surface area contributed by atoms with Gasteiger partial charge in [0, 0.05) is 19.7 Å². The molecular weight excluding hydrogens is 142 g/mol. The topological polar surface area (TPSA) is 40.5 Å². The molecule has 11 heavy (non-hydrogen) atoms. The highest BCUT2D eigenvalue weighted by atomic mass is 16.3. The molecule has 0 bridgehead atoms. The molecule has 0 aromatic carbocycles. The van der Waals surface area contributed by atoms with Gasteiger partial charge in [-0.05, 0) is 18.3 Å². The Morgan fingerprint density at radius 1 is 1.55 bits per heavy atom. The summed E-state index contributed by atoms with van der Waals surface area (Å²) in [6.45, 7) is 3.88. The molecule has 0 aromatic heterocycles. The molecule has 1 rings (SSSR count). The first-order valence-electron chi connectivity index (χ1n) is 4.00. The molecule has 1 amide bonds. The summed E-state index contributed by atoms with van der Waals surface area (Å²) >= 11 is 0. The van der Waals surface area contributed by atoms with Gasteiger partial charge in [0.05, 0.1) is 0 Å². The zero-order valence-electron chi connectivity index (χ0n) is 6.92. The van der Waals surface area contributed by atoms with Crippen LogP contribution in [0.5, 0.6) is 0 Å². The van der Waals surface area contributed by atoms with Gasteiger partial charge in [-0.15, -0.1) is 0 Å². The van der Waals surface area contributed by atoms with Crippen LogP contribution >= 0.6 is 0 Å². The third-order valence-corrected chi connectivity index (χ3v) is 2.54. The number of amides is 1. The lowest BCUT2D eigenvalue weighted by atomic mass is 9.81. The van der Waals surface area contributed by atoms with E-state index in [4.69, 9.17) is 5.11 Å². The SMILES string of the molecule is CC1(CO)CCN(C=O)CC1. The van der Waals surface area contributed by atoms with Crippen molar-refractivity contribution in [1.82, 2.24) is 4.90 Å². The number of aliphatic hydroxyl groups is 1. The van der Waals surface area contributed by atoms with Crippen molar-refractivity contribution >= 4 is 6.41 Å². The van der Waals surface area contributed by atoms with Crippen molar-refractivity contribution in [1.29, 1.82) is 0 Å². The second kappa shape index (κ2) is 3.22. The van der Waals surface area contributed by atoms with Gasteiger partial charge in [0.15, 0.2) is 0 Å². The molecule has 1 aliphatic rings. The molecule has 0 radical (unpaired) electrons. The first kappa shape index (κ1) is 8.53. The zero-order chi connectivity index (χ0) is 8.32. The average Bonchev–Trinajstić information content (AvgIpc) is 2.06. The predicted octanol–water partition coefficient (Wildman–Crippen LogP) is 0.237. The number of piperidine rings is 1. The van der Waals surface area contributed by atoms with Crippen molar-refractivity contribution < 1.29 is 9.90 Å². The highest BCUT2D eigenvalue weighted by molar-refractivity contribution is 5.47. The van der Waals surface area contributed by atoms with Crippen molar-refractivity contribution in [3.8, 4) is 0 Å². The predicted molar refractivity (Wildman–Crippen MR) is 42.1 cm³/mol. The summed E-state index contributed by atoms with van der Waals surface area (Å²) in [4.78, 5) is 12.1. The molecule has 0 saturated carbocycles. The number of hydrogen-bond donors (Lipinski definition) is 1. The van der Waals surface area contributed by atoms with E-state index in [1.165, 1.54) is 0 Å². The van der Waals surface area contributed by atoms with E-state index in [9.17, 15) is 4.79 Å². The summed E-state index contributed by atoms with van der Waals surface area (Å²) in [7, 11) is 0. The van der Waals surface area contributed by atoms with Crippen LogP contribution < -0.4 is 0 Å². The van der Waals surface area contributed by atoms with E-state index in [1.807, 2.05) is 0 Å². The molecule has 1 N–H and O–H groups in total. The maximum atomic E-state index is 10.3. The Kier molecular flexibility index (Phi) is 2.49. The van der Waals surface area contributed by atoms with Crippen LogP contribution in [0.25, 0.3) is 0 Å². The Labute approximate surface area is 67.0 Å². The zero-order valence-corrected chi connectivity index (χ0v) is 6.92. The standard InChI is InChI=1S/C8H15NO2/c1-8(6-10)2-4-9(7-11)5-3-8/h7,10H,2-6H2,1H3. The summed E-state index contributed by atoms with van der Waals surface area (Å²) in [6, 6.07) is 0. The molecule has 0 spiro atoms. The van der Waals surface area contributed by atoms with Crippen LogP contribution in [0, 0.1) is 5.41 Å². The lowest BCUT2D eigenvalue weighted by Crippen LogP contribution is -2.39. The first-order valence-corrected chi connectivity index (χ1v) is 4.00. The Morgan fingerprint density at radius 3 is 2.45 bits per heavy atom. The maximum absolute atomic E-state index is 10.3. The summed E-state index contributed by atoms with van der Waals surface area (Å²) in [5.74, 6) is 0. The number of likely N-dealkylation sites (tertiary alicyclic amines) is 1. The summed E-state index contributed by atoms with van der Waals surface area (Å²) in [6.07, 6.45) is 2.72. The number of aliphatic hydroxyl groups excluding tert-OH is 1. The van der Waals surface area contributed by atoms with E-state index >= 15 is 0 Å². The van der Waals surface area contributed by atoms with Crippen LogP contribution in [0.3, 0.4) is 0 Å². The van der Waals surface area contributed by atoms with Crippen molar-refractivity contribution in [2.24, 2.45) is 5.41 Å². The number of carbonyl (C=O) groups excluding carboxylic acids is 1. The Hall–Kier alpha value is -0.570. The maximum Gasteiger partial charge on any atom is 0.209 e. The van der Waals surface area contributed by atoms with Gasteiger partial charge in [-0.3, -0.25) is 4.79 Å². The number of hydrogen-bond acceptors (Lipinski definition) is 2. The van der Waals surface area contributed by atoms with Crippen LogP contribution in [0.1, 0.15) is 19.8 Å². The van der Waals surface area contributed by atoms with Crippen molar-refractivity contribution in [2.75, 3.05) is 19.7 Å². The minimum atomic E-state index is 0.0551. The van der Waals surface area contributed by atoms with Gasteiger partial charge in [-0.2, -0.15) is 0 Å². The van der Waals surface area contributed by atoms with Gasteiger partial charge >= 0.3 is 0 Å². The van der Waals surface area contributed by atoms with Crippen LogP contribution in [-0.2, 0) is 4.79 Å². The molecule has 0 unspecified atom stereocenters. The Morgan fingerprint density at radius 2 is 2.09 bits per heavy atom. The average molecular weight is 157 g/mol. The van der Waals surface area contributed by atoms with Crippen molar-refractivity contribution in [3.63, 3.8) is 0 Å². The second-order valence-electron chi connectivity index (χ2n) is 3.61. The fourth-order valence-corrected chi connectivity index (χ4v) is 1.33. The molecule has 0 aromatic rings. The van der Waals surface area contributed by atoms with E-state index in [-0.39, 0.29) is 12.0 Å². The molecule has 64 valence electrons. The molecule has 0 atom stereocenters. The summed E-state index contributed by atoms with van der Waals surface area (Å²) in [5, 5.41) is 9.00. The summed E-state index contributed by atoms with van der Waals surface area (Å²) in [5.41, 5.74) is 0.0551. The van der Waals surface area contributed by atoms with Gasteiger partial charge in [0.2, 0.25) is 6.41 Å². The minimum Gasteiger partial charge on any atom is -0.396 e. The van der Waals surface area contributed by atoms with Crippen LogP contribution in [0.15, 0.2) is 0 Å². The molecule has 0 aliphatic carbocycles. The van der Waals surface area contributed by atoms with E-state index in [0.29, 0.717) is 0 Å². The third-order valence-electron chi connectivity index (χ3n) is 2.54. The second-order valence-corrected chi connectivity index (χ2v) is 3.61. The van der Waals surface area contributed by atoms with Gasteiger partial charge in [0.1, 0.15) is 0 Å². The normalized spacial score (nSPS) is 23.3. The molecule has 1 saturated heterocycles. The van der Waals surface area contributed by atoms with E-state index in [2.05, 4.69) is 6.92 Å². The first-order chi connectivity index (χ1) is 5.20. The number of rotatable bonds is 2. The fourth-order valence-electron chi connectivity index (χ4n) is 1.33. The van der Waals surface area contributed by atoms with Gasteiger partial charge < -0.3 is 10.0 Å². The molecule has 3 heteroatoms. The Bertz CT molecular complexity index is 139. The molecule has 1 aliphatic heterocycles. The minimum absolute atomic E-state index is 0.0551. The third kappa shape index (κ3) is 1.93. The number of carbonyl (C=O) groups is 1. The van der Waals surface area contributed by atoms with Gasteiger partial charge in [-0.25, -0.2) is 0 Å². The lowest BCUT2D eigenvalue weighted by Gasteiger charge is -2.36. The molecule has 1 heterocycles. The van der Waals surface area contributed by atoms with Crippen molar-refractivity contribution in [3.05, 3.63) is 0 Å². The number of nitrogens with zero attached hydrogens (tertiary/aromatic N) is 1. The fraction of sp³-hybridized carbons (Fsp3) is 0.875. The van der Waals surface area contributed by atoms with Crippen molar-refractivity contribution in [2.45, 2.75) is 19.8 Å². The summed E-state index contributed by atoms with van der Waals surface area (Å²) < 4.78 is 0. The highest BCUT2D eigenvalue weighted by Crippen LogP contribution is 2.29.